The van der Waals surface area contributed by atoms with Crippen LogP contribution >= 0.6 is 0 Å². The molecule has 0 atom stereocenters. The van der Waals surface area contributed by atoms with Gasteiger partial charge in [0.1, 0.15) is 17.0 Å². The van der Waals surface area contributed by atoms with Gasteiger partial charge in [-0.3, -0.25) is 25.0 Å². The van der Waals surface area contributed by atoms with Crippen molar-refractivity contribution in [2.75, 3.05) is 13.1 Å². The zero-order valence-electron chi connectivity index (χ0n) is 20.9. The fourth-order valence-corrected chi connectivity index (χ4v) is 5.30. The van der Waals surface area contributed by atoms with E-state index < -0.39 is 0 Å². The zero-order chi connectivity index (χ0) is 25.6. The molecule has 1 saturated heterocycles. The first-order chi connectivity index (χ1) is 18.6. The molecule has 0 bridgehead atoms. The van der Waals surface area contributed by atoms with Gasteiger partial charge in [0.25, 0.3) is 0 Å². The van der Waals surface area contributed by atoms with Crippen molar-refractivity contribution in [1.29, 1.82) is 0 Å². The number of nitrogens with zero attached hydrogens (tertiary/aromatic N) is 6. The number of hydrogen-bond acceptors (Lipinski definition) is 6. The summed E-state index contributed by atoms with van der Waals surface area (Å²) in [7, 11) is 0. The Morgan fingerprint density at radius 3 is 2.68 bits per heavy atom. The molecule has 5 aromatic heterocycles. The van der Waals surface area contributed by atoms with Crippen LogP contribution in [0.25, 0.3) is 56.0 Å². The van der Waals surface area contributed by atoms with Gasteiger partial charge in [-0.1, -0.05) is 0 Å². The predicted octanol–water partition coefficient (Wildman–Crippen LogP) is 5.67. The number of aromatic amines is 2. The number of likely N-dealkylation sites (tertiary alicyclic amines) is 1. The molecule has 6 heterocycles. The number of fused-ring (bicyclic) bond motifs is 2. The van der Waals surface area contributed by atoms with Crippen molar-refractivity contribution >= 4 is 21.9 Å². The molecule has 8 nitrogen and oxygen atoms in total. The van der Waals surface area contributed by atoms with Gasteiger partial charge in [0.05, 0.1) is 28.6 Å². The summed E-state index contributed by atoms with van der Waals surface area (Å²) in [5, 5.41) is 8.52. The Kier molecular flexibility index (Phi) is 5.44. The number of benzene rings is 1. The van der Waals surface area contributed by atoms with Crippen LogP contribution in [-0.4, -0.2) is 53.1 Å². The molecular weight excluding hydrogens is 479 g/mol. The van der Waals surface area contributed by atoms with Crippen molar-refractivity contribution in [3.05, 3.63) is 78.1 Å². The molecule has 1 aliphatic heterocycles. The number of halogens is 1. The summed E-state index contributed by atoms with van der Waals surface area (Å²) in [6.45, 7) is 5.04. The molecule has 0 radical (unpaired) electrons. The maximum atomic E-state index is 14.1. The third kappa shape index (κ3) is 4.10. The van der Waals surface area contributed by atoms with E-state index >= 15 is 0 Å². The molecule has 0 saturated carbocycles. The second kappa shape index (κ2) is 9.11. The Hall–Kier alpha value is -4.50. The van der Waals surface area contributed by atoms with Crippen LogP contribution in [0.2, 0.25) is 0 Å². The highest BCUT2D eigenvalue weighted by Crippen LogP contribution is 2.32. The number of imidazole rings is 1. The summed E-state index contributed by atoms with van der Waals surface area (Å²) < 4.78 is 14.1. The smallest absolute Gasteiger partial charge is 0.159 e. The lowest BCUT2D eigenvalue weighted by Crippen LogP contribution is -2.18. The Bertz CT molecular complexity index is 1780. The van der Waals surface area contributed by atoms with Crippen LogP contribution in [0.15, 0.2) is 61.2 Å². The molecule has 1 fully saturated rings. The SMILES string of the molecule is Cc1cc(F)cc(-c2nccc3[nH]c(-c4n[nH]c5cnc(-c6cncc(CN7CCCC7)c6)cc45)nc23)c1. The van der Waals surface area contributed by atoms with Crippen molar-refractivity contribution < 1.29 is 4.39 Å². The van der Waals surface area contributed by atoms with Gasteiger partial charge in [0, 0.05) is 41.6 Å². The maximum Gasteiger partial charge on any atom is 0.159 e. The van der Waals surface area contributed by atoms with Gasteiger partial charge in [-0.05, 0) is 80.4 Å². The molecule has 0 aliphatic carbocycles. The normalized spacial score (nSPS) is 14.2. The molecule has 188 valence electrons. The summed E-state index contributed by atoms with van der Waals surface area (Å²) in [5.74, 6) is 0.304. The van der Waals surface area contributed by atoms with E-state index in [0.717, 1.165) is 52.9 Å². The molecule has 0 spiro atoms. The highest BCUT2D eigenvalue weighted by molar-refractivity contribution is 5.96. The van der Waals surface area contributed by atoms with Crippen molar-refractivity contribution in [3.63, 3.8) is 0 Å². The summed E-state index contributed by atoms with van der Waals surface area (Å²) in [4.78, 5) is 24.4. The van der Waals surface area contributed by atoms with Crippen LogP contribution < -0.4 is 0 Å². The van der Waals surface area contributed by atoms with Crippen LogP contribution in [0.4, 0.5) is 4.39 Å². The second-order valence-electron chi connectivity index (χ2n) is 9.91. The quantitative estimate of drug-likeness (QED) is 0.314. The van der Waals surface area contributed by atoms with Gasteiger partial charge in [-0.15, -0.1) is 0 Å². The minimum Gasteiger partial charge on any atom is -0.336 e. The van der Waals surface area contributed by atoms with Gasteiger partial charge >= 0.3 is 0 Å². The average Bonchev–Trinajstić information content (AvgIpc) is 3.67. The van der Waals surface area contributed by atoms with Crippen LogP contribution in [-0.2, 0) is 6.54 Å². The number of aryl methyl sites for hydroxylation is 1. The van der Waals surface area contributed by atoms with Crippen LogP contribution in [0.1, 0.15) is 24.0 Å². The lowest BCUT2D eigenvalue weighted by atomic mass is 10.1. The van der Waals surface area contributed by atoms with Gasteiger partial charge in [-0.25, -0.2) is 9.37 Å². The fourth-order valence-electron chi connectivity index (χ4n) is 5.30. The molecule has 6 aromatic rings. The first-order valence-corrected chi connectivity index (χ1v) is 12.7. The van der Waals surface area contributed by atoms with E-state index in [0.29, 0.717) is 28.3 Å². The minimum atomic E-state index is -0.299. The molecular formula is C29H25FN8. The monoisotopic (exact) mass is 504 g/mol. The first kappa shape index (κ1) is 22.7. The van der Waals surface area contributed by atoms with E-state index in [-0.39, 0.29) is 5.82 Å². The molecule has 1 aliphatic rings. The van der Waals surface area contributed by atoms with E-state index in [1.165, 1.54) is 30.5 Å². The number of aromatic nitrogens is 7. The maximum absolute atomic E-state index is 14.1. The Morgan fingerprint density at radius 2 is 1.82 bits per heavy atom. The van der Waals surface area contributed by atoms with Crippen molar-refractivity contribution in [2.24, 2.45) is 0 Å². The van der Waals surface area contributed by atoms with Crippen molar-refractivity contribution in [1.82, 2.24) is 40.0 Å². The summed E-state index contributed by atoms with van der Waals surface area (Å²) >= 11 is 0. The average molecular weight is 505 g/mol. The Labute approximate surface area is 218 Å². The van der Waals surface area contributed by atoms with E-state index in [1.54, 1.807) is 12.4 Å². The lowest BCUT2D eigenvalue weighted by Gasteiger charge is -2.14. The third-order valence-corrected chi connectivity index (χ3v) is 7.08. The number of hydrogen-bond donors (Lipinski definition) is 2. The van der Waals surface area contributed by atoms with E-state index in [1.807, 2.05) is 37.5 Å². The number of pyridine rings is 3. The van der Waals surface area contributed by atoms with Gasteiger partial charge in [-0.2, -0.15) is 5.10 Å². The molecule has 38 heavy (non-hydrogen) atoms. The summed E-state index contributed by atoms with van der Waals surface area (Å²) in [6, 6.07) is 10.9. The zero-order valence-corrected chi connectivity index (χ0v) is 20.9. The standard InChI is InChI=1S/C29H25FN8/c1-17-8-19(11-21(30)9-17)26-28-23(4-5-32-26)34-29(35-28)27-22-12-24(33-15-25(22)36-37-27)20-10-18(13-31-14-20)16-38-6-2-3-7-38/h4-5,8-15H,2-3,6-7,16H2,1H3,(H,34,35)(H,36,37). The van der Waals surface area contributed by atoms with E-state index in [9.17, 15) is 4.39 Å². The van der Waals surface area contributed by atoms with Crippen LogP contribution in [0.5, 0.6) is 0 Å². The minimum absolute atomic E-state index is 0.299. The Morgan fingerprint density at radius 1 is 0.921 bits per heavy atom. The lowest BCUT2D eigenvalue weighted by molar-refractivity contribution is 0.331. The molecule has 9 heteroatoms. The van der Waals surface area contributed by atoms with Gasteiger partial charge < -0.3 is 4.98 Å². The summed E-state index contributed by atoms with van der Waals surface area (Å²) in [6.07, 6.45) is 9.79. The predicted molar refractivity (Wildman–Crippen MR) is 145 cm³/mol. The molecule has 0 unspecified atom stereocenters. The molecule has 7 rings (SSSR count). The Balaban J connectivity index is 1.28. The van der Waals surface area contributed by atoms with Crippen molar-refractivity contribution in [2.45, 2.75) is 26.3 Å². The first-order valence-electron chi connectivity index (χ1n) is 12.7. The molecule has 0 amide bonds. The van der Waals surface area contributed by atoms with Gasteiger partial charge in [0.15, 0.2) is 5.82 Å². The molecule has 2 N–H and O–H groups in total. The van der Waals surface area contributed by atoms with Crippen LogP contribution in [0, 0.1) is 12.7 Å². The highest BCUT2D eigenvalue weighted by Gasteiger charge is 2.18. The highest BCUT2D eigenvalue weighted by atomic mass is 19.1. The second-order valence-corrected chi connectivity index (χ2v) is 9.91. The topological polar surface area (TPSA) is 99.3 Å². The third-order valence-electron chi connectivity index (χ3n) is 7.08. The van der Waals surface area contributed by atoms with E-state index in [2.05, 4.69) is 41.1 Å². The summed E-state index contributed by atoms with van der Waals surface area (Å²) in [5.41, 5.74) is 8.06. The molecule has 1 aromatic carbocycles. The van der Waals surface area contributed by atoms with E-state index in [4.69, 9.17) is 4.98 Å². The number of rotatable bonds is 5. The number of H-pyrrole nitrogens is 2. The van der Waals surface area contributed by atoms with Gasteiger partial charge in [0.2, 0.25) is 0 Å². The number of nitrogens with one attached hydrogen (secondary N) is 2. The largest absolute Gasteiger partial charge is 0.336 e. The van der Waals surface area contributed by atoms with Crippen molar-refractivity contribution in [3.8, 4) is 34.0 Å². The van der Waals surface area contributed by atoms with Crippen LogP contribution in [0.3, 0.4) is 0 Å². The fraction of sp³-hybridized carbons (Fsp3) is 0.207.